The number of methoxy groups -OCH3 is 1. The SMILES string of the molecule is COC[C@H]1O[C@@H](n2cnc3c(NC4CCOCC4)ncnc32)[C@H](O)[C@@H]1O. The minimum absolute atomic E-state index is 0.187. The Hall–Kier alpha value is -1.85. The highest BCUT2D eigenvalue weighted by Gasteiger charge is 2.44. The van der Waals surface area contributed by atoms with Crippen LogP contribution in [0.4, 0.5) is 5.82 Å². The summed E-state index contributed by atoms with van der Waals surface area (Å²) in [5.74, 6) is 0.641. The normalized spacial score (nSPS) is 30.1. The van der Waals surface area contributed by atoms with E-state index in [1.165, 1.54) is 13.4 Å². The molecule has 142 valence electrons. The number of rotatable bonds is 5. The molecule has 26 heavy (non-hydrogen) atoms. The van der Waals surface area contributed by atoms with Crippen LogP contribution in [0.3, 0.4) is 0 Å². The minimum atomic E-state index is -1.10. The van der Waals surface area contributed by atoms with E-state index in [1.54, 1.807) is 10.9 Å². The van der Waals surface area contributed by atoms with Crippen LogP contribution in [0.1, 0.15) is 19.1 Å². The van der Waals surface area contributed by atoms with Gasteiger partial charge < -0.3 is 29.7 Å². The maximum Gasteiger partial charge on any atom is 0.167 e. The zero-order valence-corrected chi connectivity index (χ0v) is 14.5. The fourth-order valence-electron chi connectivity index (χ4n) is 3.44. The molecule has 0 radical (unpaired) electrons. The Bertz CT molecular complexity index is 750. The molecule has 0 unspecified atom stereocenters. The molecule has 0 bridgehead atoms. The molecule has 10 heteroatoms. The number of fused-ring (bicyclic) bond motifs is 1. The summed E-state index contributed by atoms with van der Waals surface area (Å²) in [6.07, 6.45) is 1.26. The number of aliphatic hydroxyl groups excluding tert-OH is 2. The van der Waals surface area contributed by atoms with Crippen molar-refractivity contribution >= 4 is 17.0 Å². The van der Waals surface area contributed by atoms with Crippen LogP contribution in [0.25, 0.3) is 11.2 Å². The average molecular weight is 365 g/mol. The number of nitrogens with zero attached hydrogens (tertiary/aromatic N) is 4. The van der Waals surface area contributed by atoms with Crippen LogP contribution >= 0.6 is 0 Å². The Morgan fingerprint density at radius 3 is 2.81 bits per heavy atom. The molecule has 0 spiro atoms. The predicted octanol–water partition coefficient (Wildman–Crippen LogP) is -0.317. The third kappa shape index (κ3) is 3.14. The highest BCUT2D eigenvalue weighted by molar-refractivity contribution is 5.82. The molecule has 4 rings (SSSR count). The Morgan fingerprint density at radius 1 is 1.23 bits per heavy atom. The second-order valence-corrected chi connectivity index (χ2v) is 6.58. The molecule has 2 saturated heterocycles. The Kier molecular flexibility index (Phi) is 5.00. The van der Waals surface area contributed by atoms with Crippen molar-refractivity contribution in [2.24, 2.45) is 0 Å². The van der Waals surface area contributed by atoms with Gasteiger partial charge in [0.1, 0.15) is 24.6 Å². The van der Waals surface area contributed by atoms with E-state index in [-0.39, 0.29) is 12.6 Å². The van der Waals surface area contributed by atoms with Gasteiger partial charge in [-0.05, 0) is 12.8 Å². The molecule has 2 aromatic rings. The first-order chi connectivity index (χ1) is 12.7. The molecule has 2 aromatic heterocycles. The summed E-state index contributed by atoms with van der Waals surface area (Å²) in [6, 6.07) is 0.272. The van der Waals surface area contributed by atoms with Gasteiger partial charge >= 0.3 is 0 Å². The van der Waals surface area contributed by atoms with Crippen molar-refractivity contribution in [3.63, 3.8) is 0 Å². The van der Waals surface area contributed by atoms with Crippen molar-refractivity contribution in [2.75, 3.05) is 32.2 Å². The van der Waals surface area contributed by atoms with Gasteiger partial charge in [-0.15, -0.1) is 0 Å². The Morgan fingerprint density at radius 2 is 2.04 bits per heavy atom. The third-order valence-electron chi connectivity index (χ3n) is 4.86. The first-order valence-electron chi connectivity index (χ1n) is 8.71. The molecule has 10 nitrogen and oxygen atoms in total. The van der Waals surface area contributed by atoms with E-state index in [9.17, 15) is 10.2 Å². The van der Waals surface area contributed by atoms with Gasteiger partial charge in [0.05, 0.1) is 12.9 Å². The fraction of sp³-hybridized carbons (Fsp3) is 0.688. The number of hydrogen-bond donors (Lipinski definition) is 3. The first-order valence-corrected chi connectivity index (χ1v) is 8.71. The van der Waals surface area contributed by atoms with Gasteiger partial charge in [-0.2, -0.15) is 0 Å². The number of anilines is 1. The van der Waals surface area contributed by atoms with Crippen molar-refractivity contribution in [1.29, 1.82) is 0 Å². The van der Waals surface area contributed by atoms with Crippen molar-refractivity contribution in [1.82, 2.24) is 19.5 Å². The number of aliphatic hydroxyl groups is 2. The van der Waals surface area contributed by atoms with Gasteiger partial charge in [-0.1, -0.05) is 0 Å². The van der Waals surface area contributed by atoms with Crippen molar-refractivity contribution in [2.45, 2.75) is 43.4 Å². The maximum atomic E-state index is 10.4. The summed E-state index contributed by atoms with van der Waals surface area (Å²) < 4.78 is 17.8. The molecule has 2 aliphatic heterocycles. The minimum Gasteiger partial charge on any atom is -0.387 e. The zero-order valence-electron chi connectivity index (χ0n) is 14.5. The van der Waals surface area contributed by atoms with Gasteiger partial charge in [0.25, 0.3) is 0 Å². The summed E-state index contributed by atoms with van der Waals surface area (Å²) in [6.45, 7) is 1.63. The molecule has 0 aromatic carbocycles. The van der Waals surface area contributed by atoms with Crippen molar-refractivity contribution < 1.29 is 24.4 Å². The third-order valence-corrected chi connectivity index (χ3v) is 4.86. The van der Waals surface area contributed by atoms with Crippen LogP contribution in [0.15, 0.2) is 12.7 Å². The predicted molar refractivity (Wildman–Crippen MR) is 90.6 cm³/mol. The molecule has 2 fully saturated rings. The molecular formula is C16H23N5O5. The topological polar surface area (TPSA) is 124 Å². The highest BCUT2D eigenvalue weighted by atomic mass is 16.6. The quantitative estimate of drug-likeness (QED) is 0.654. The standard InChI is InChI=1S/C16H23N5O5/c1-24-6-10-12(22)13(23)16(26-10)21-8-19-11-14(17-7-18-15(11)21)20-9-2-4-25-5-3-9/h7-10,12-13,16,22-23H,2-6H2,1H3,(H,17,18,20)/t10-,12-,13-,16-/m1/s1. The highest BCUT2D eigenvalue weighted by Crippen LogP contribution is 2.32. The number of hydrogen-bond acceptors (Lipinski definition) is 9. The lowest BCUT2D eigenvalue weighted by atomic mass is 10.1. The monoisotopic (exact) mass is 365 g/mol. The van der Waals surface area contributed by atoms with Gasteiger partial charge in [0, 0.05) is 26.4 Å². The smallest absolute Gasteiger partial charge is 0.167 e. The van der Waals surface area contributed by atoms with Crippen LogP contribution < -0.4 is 5.32 Å². The lowest BCUT2D eigenvalue weighted by Crippen LogP contribution is -2.33. The summed E-state index contributed by atoms with van der Waals surface area (Å²) in [5.41, 5.74) is 1.13. The van der Waals surface area contributed by atoms with E-state index < -0.39 is 24.5 Å². The number of ether oxygens (including phenoxy) is 3. The lowest BCUT2D eigenvalue weighted by molar-refractivity contribution is -0.0580. The van der Waals surface area contributed by atoms with E-state index in [4.69, 9.17) is 14.2 Å². The van der Waals surface area contributed by atoms with E-state index in [0.717, 1.165) is 26.1 Å². The maximum absolute atomic E-state index is 10.4. The van der Waals surface area contributed by atoms with Crippen molar-refractivity contribution in [3.05, 3.63) is 12.7 Å². The van der Waals surface area contributed by atoms with Crippen LogP contribution in [-0.4, -0.2) is 81.0 Å². The molecule has 0 aliphatic carbocycles. The summed E-state index contributed by atoms with van der Waals surface area (Å²) >= 11 is 0. The van der Waals surface area contributed by atoms with Crippen molar-refractivity contribution in [3.8, 4) is 0 Å². The van der Waals surface area contributed by atoms with E-state index in [2.05, 4.69) is 20.3 Å². The van der Waals surface area contributed by atoms with E-state index in [1.807, 2.05) is 0 Å². The first kappa shape index (κ1) is 17.6. The Balaban J connectivity index is 1.60. The summed E-state index contributed by atoms with van der Waals surface area (Å²) in [5, 5.41) is 23.9. The fourth-order valence-corrected chi connectivity index (χ4v) is 3.44. The van der Waals surface area contributed by atoms with Gasteiger partial charge in [0.2, 0.25) is 0 Å². The molecule has 0 amide bonds. The molecular weight excluding hydrogens is 342 g/mol. The number of imidazole rings is 1. The molecule has 4 atom stereocenters. The molecule has 3 N–H and O–H groups in total. The second-order valence-electron chi connectivity index (χ2n) is 6.58. The van der Waals surface area contributed by atoms with E-state index in [0.29, 0.717) is 17.0 Å². The summed E-state index contributed by atoms with van der Waals surface area (Å²) in [4.78, 5) is 13.0. The lowest BCUT2D eigenvalue weighted by Gasteiger charge is -2.23. The van der Waals surface area contributed by atoms with Gasteiger partial charge in [-0.25, -0.2) is 15.0 Å². The van der Waals surface area contributed by atoms with Gasteiger partial charge in [-0.3, -0.25) is 4.57 Å². The van der Waals surface area contributed by atoms with Gasteiger partial charge in [0.15, 0.2) is 23.2 Å². The van der Waals surface area contributed by atoms with Crippen LogP contribution in [0, 0.1) is 0 Å². The zero-order chi connectivity index (χ0) is 18.1. The second kappa shape index (κ2) is 7.41. The molecule has 4 heterocycles. The van der Waals surface area contributed by atoms with Crippen LogP contribution in [0.5, 0.6) is 0 Å². The largest absolute Gasteiger partial charge is 0.387 e. The Labute approximate surface area is 150 Å². The number of aromatic nitrogens is 4. The van der Waals surface area contributed by atoms with Crippen LogP contribution in [0.2, 0.25) is 0 Å². The molecule has 0 saturated carbocycles. The average Bonchev–Trinajstić information content (AvgIpc) is 3.20. The van der Waals surface area contributed by atoms with Crippen LogP contribution in [-0.2, 0) is 14.2 Å². The number of nitrogens with one attached hydrogen (secondary N) is 1. The summed E-state index contributed by atoms with van der Waals surface area (Å²) in [7, 11) is 1.52. The van der Waals surface area contributed by atoms with E-state index >= 15 is 0 Å². The molecule has 2 aliphatic rings.